The van der Waals surface area contributed by atoms with Crippen LogP contribution in [-0.4, -0.2) is 26.3 Å². The van der Waals surface area contributed by atoms with E-state index in [4.69, 9.17) is 5.26 Å². The van der Waals surface area contributed by atoms with Crippen LogP contribution in [0, 0.1) is 11.5 Å². The summed E-state index contributed by atoms with van der Waals surface area (Å²) in [4.78, 5) is 10.5. The quantitative estimate of drug-likeness (QED) is 0.442. The van der Waals surface area contributed by atoms with Crippen LogP contribution in [0.5, 0.6) is 0 Å². The Labute approximate surface area is 64.9 Å². The van der Waals surface area contributed by atoms with Gasteiger partial charge in [-0.25, -0.2) is 8.42 Å². The molecule has 0 rings (SSSR count). The zero-order chi connectivity index (χ0) is 8.91. The Morgan fingerprint density at radius 3 is 2.55 bits per heavy atom. The van der Waals surface area contributed by atoms with Gasteiger partial charge in [0.15, 0.2) is 6.19 Å². The van der Waals surface area contributed by atoms with Gasteiger partial charge in [0.2, 0.25) is 5.91 Å². The molecule has 0 fully saturated rings. The average molecular weight is 176 g/mol. The van der Waals surface area contributed by atoms with Crippen molar-refractivity contribution < 1.29 is 13.2 Å². The molecule has 0 unspecified atom stereocenters. The van der Waals surface area contributed by atoms with Gasteiger partial charge in [-0.15, -0.1) is 0 Å². The number of hydrogen-bond acceptors (Lipinski definition) is 4. The highest BCUT2D eigenvalue weighted by molar-refractivity contribution is 7.90. The van der Waals surface area contributed by atoms with Gasteiger partial charge in [0.1, 0.15) is 9.84 Å². The van der Waals surface area contributed by atoms with Gasteiger partial charge in [0, 0.05) is 12.7 Å². The number of nitrogens with zero attached hydrogens (tertiary/aromatic N) is 1. The normalized spacial score (nSPS) is 10.2. The average Bonchev–Trinajstić information content (AvgIpc) is 1.83. The Morgan fingerprint density at radius 1 is 1.64 bits per heavy atom. The van der Waals surface area contributed by atoms with Crippen molar-refractivity contribution in [3.8, 4) is 6.19 Å². The third kappa shape index (κ3) is 6.80. The molecule has 5 nitrogen and oxygen atoms in total. The zero-order valence-corrected chi connectivity index (χ0v) is 6.81. The fourth-order valence-electron chi connectivity index (χ4n) is 0.403. The summed E-state index contributed by atoms with van der Waals surface area (Å²) in [7, 11) is -3.11. The highest BCUT2D eigenvalue weighted by Crippen LogP contribution is 1.87. The maximum absolute atomic E-state index is 10.5. The minimum atomic E-state index is -3.11. The van der Waals surface area contributed by atoms with E-state index in [1.54, 1.807) is 0 Å². The smallest absolute Gasteiger partial charge is 0.233 e. The van der Waals surface area contributed by atoms with Gasteiger partial charge in [0.25, 0.3) is 0 Å². The monoisotopic (exact) mass is 176 g/mol. The summed E-state index contributed by atoms with van der Waals surface area (Å²) in [5.74, 6) is -0.793. The van der Waals surface area contributed by atoms with E-state index < -0.39 is 15.7 Å². The Hall–Kier alpha value is -1.09. The van der Waals surface area contributed by atoms with Gasteiger partial charge in [0.05, 0.1) is 5.75 Å². The summed E-state index contributed by atoms with van der Waals surface area (Å²) in [6, 6.07) is 0. The maximum Gasteiger partial charge on any atom is 0.233 e. The molecule has 0 radical (unpaired) electrons. The molecule has 0 atom stereocenters. The Kier molecular flexibility index (Phi) is 3.54. The summed E-state index contributed by atoms with van der Waals surface area (Å²) < 4.78 is 21.0. The first-order valence-electron chi connectivity index (χ1n) is 2.81. The molecule has 11 heavy (non-hydrogen) atoms. The Bertz CT molecular complexity index is 275. The van der Waals surface area contributed by atoms with Crippen molar-refractivity contribution in [3.05, 3.63) is 0 Å². The number of nitriles is 1. The molecule has 0 aromatic heterocycles. The van der Waals surface area contributed by atoms with E-state index in [0.29, 0.717) is 0 Å². The van der Waals surface area contributed by atoms with Crippen molar-refractivity contribution >= 4 is 15.7 Å². The first kappa shape index (κ1) is 9.91. The topological polar surface area (TPSA) is 87.0 Å². The van der Waals surface area contributed by atoms with Crippen LogP contribution in [0.25, 0.3) is 0 Å². The molecule has 1 amide bonds. The molecule has 1 N–H and O–H groups in total. The van der Waals surface area contributed by atoms with Gasteiger partial charge in [-0.2, -0.15) is 5.26 Å². The van der Waals surface area contributed by atoms with E-state index in [-0.39, 0.29) is 12.2 Å². The molecule has 0 aliphatic heterocycles. The van der Waals surface area contributed by atoms with Crippen LogP contribution in [0.2, 0.25) is 0 Å². The van der Waals surface area contributed by atoms with Gasteiger partial charge in [-0.1, -0.05) is 0 Å². The predicted molar refractivity (Wildman–Crippen MR) is 38.1 cm³/mol. The van der Waals surface area contributed by atoms with Crippen LogP contribution in [0.1, 0.15) is 6.42 Å². The lowest BCUT2D eigenvalue weighted by atomic mass is 10.5. The van der Waals surface area contributed by atoms with Crippen LogP contribution in [0.15, 0.2) is 0 Å². The lowest BCUT2D eigenvalue weighted by Gasteiger charge is -1.94. The van der Waals surface area contributed by atoms with E-state index in [2.05, 4.69) is 0 Å². The number of rotatable bonds is 3. The van der Waals surface area contributed by atoms with Gasteiger partial charge in [-0.05, 0) is 0 Å². The highest BCUT2D eigenvalue weighted by atomic mass is 32.2. The molecule has 0 aromatic carbocycles. The minimum Gasteiger partial charge on any atom is -0.274 e. The van der Waals surface area contributed by atoms with Crippen molar-refractivity contribution in [3.63, 3.8) is 0 Å². The van der Waals surface area contributed by atoms with Crippen molar-refractivity contribution in [1.29, 1.82) is 5.26 Å². The first-order valence-corrected chi connectivity index (χ1v) is 4.87. The number of amides is 1. The molecule has 0 aromatic rings. The first-order chi connectivity index (χ1) is 4.95. The number of sulfone groups is 1. The van der Waals surface area contributed by atoms with Gasteiger partial charge >= 0.3 is 0 Å². The maximum atomic E-state index is 10.5. The van der Waals surface area contributed by atoms with Crippen molar-refractivity contribution in [2.24, 2.45) is 0 Å². The predicted octanol–water partition coefficient (Wildman–Crippen LogP) is -0.982. The van der Waals surface area contributed by atoms with Crippen LogP contribution in [0.4, 0.5) is 0 Å². The minimum absolute atomic E-state index is 0.160. The molecule has 62 valence electrons. The molecule has 0 aliphatic carbocycles. The van der Waals surface area contributed by atoms with Crippen LogP contribution in [0.3, 0.4) is 0 Å². The molecule has 0 spiro atoms. The standard InChI is InChI=1S/C5H8N2O3S/c1-11(9,10)3-2-5(8)7-4-6/h2-3H2,1H3,(H,7,8). The number of hydrogen-bond donors (Lipinski definition) is 1. The summed E-state index contributed by atoms with van der Waals surface area (Å²) in [6.45, 7) is 0. The van der Waals surface area contributed by atoms with Crippen molar-refractivity contribution in [1.82, 2.24) is 5.32 Å². The second-order valence-corrected chi connectivity index (χ2v) is 4.30. The van der Waals surface area contributed by atoms with E-state index in [0.717, 1.165) is 6.26 Å². The summed E-state index contributed by atoms with van der Waals surface area (Å²) in [5, 5.41) is 9.75. The summed E-state index contributed by atoms with van der Waals surface area (Å²) in [5.41, 5.74) is 0. The second kappa shape index (κ2) is 3.93. The third-order valence-corrected chi connectivity index (χ3v) is 1.84. The number of nitrogens with one attached hydrogen (secondary N) is 1. The molecular formula is C5H8N2O3S. The van der Waals surface area contributed by atoms with E-state index in [9.17, 15) is 13.2 Å². The Morgan fingerprint density at radius 2 is 2.18 bits per heavy atom. The Balaban J connectivity index is 3.75. The molecule has 0 saturated heterocycles. The van der Waals surface area contributed by atoms with Crippen LogP contribution < -0.4 is 5.32 Å². The third-order valence-electron chi connectivity index (χ3n) is 0.895. The summed E-state index contributed by atoms with van der Waals surface area (Å²) >= 11 is 0. The fourth-order valence-corrected chi connectivity index (χ4v) is 0.959. The van der Waals surface area contributed by atoms with Gasteiger partial charge in [-0.3, -0.25) is 10.1 Å². The zero-order valence-electron chi connectivity index (χ0n) is 5.99. The molecular weight excluding hydrogens is 168 g/mol. The highest BCUT2D eigenvalue weighted by Gasteiger charge is 2.06. The molecule has 0 bridgehead atoms. The molecule has 6 heteroatoms. The lowest BCUT2D eigenvalue weighted by Crippen LogP contribution is -2.20. The van der Waals surface area contributed by atoms with Gasteiger partial charge < -0.3 is 0 Å². The largest absolute Gasteiger partial charge is 0.274 e. The van der Waals surface area contributed by atoms with Crippen LogP contribution in [-0.2, 0) is 14.6 Å². The molecule has 0 heterocycles. The number of carbonyl (C=O) groups is 1. The van der Waals surface area contributed by atoms with E-state index in [1.165, 1.54) is 6.19 Å². The molecule has 0 aliphatic rings. The lowest BCUT2D eigenvalue weighted by molar-refractivity contribution is -0.119. The molecule has 0 saturated carbocycles. The van der Waals surface area contributed by atoms with E-state index >= 15 is 0 Å². The van der Waals surface area contributed by atoms with Crippen LogP contribution >= 0.6 is 0 Å². The SMILES string of the molecule is CS(=O)(=O)CCC(=O)NC#N. The van der Waals surface area contributed by atoms with E-state index in [1.807, 2.05) is 5.32 Å². The second-order valence-electron chi connectivity index (χ2n) is 2.04. The van der Waals surface area contributed by atoms with Crippen molar-refractivity contribution in [2.45, 2.75) is 6.42 Å². The number of carbonyl (C=O) groups excluding carboxylic acids is 1. The van der Waals surface area contributed by atoms with Crippen molar-refractivity contribution in [2.75, 3.05) is 12.0 Å². The fraction of sp³-hybridized carbons (Fsp3) is 0.600. The summed E-state index contributed by atoms with van der Waals surface area (Å²) in [6.07, 6.45) is 2.28.